The maximum atomic E-state index is 13.9. The lowest BCUT2D eigenvalue weighted by molar-refractivity contribution is -0.141. The molecular weight excluding hydrogens is 403 g/mol. The minimum atomic E-state index is -5.01. The summed E-state index contributed by atoms with van der Waals surface area (Å²) in [7, 11) is 0.612. The molecule has 0 fully saturated rings. The number of H-pyrrole nitrogens is 1. The van der Waals surface area contributed by atoms with Crippen LogP contribution in [-0.2, 0) is 15.2 Å². The fourth-order valence-corrected chi connectivity index (χ4v) is 3.25. The van der Waals surface area contributed by atoms with Crippen molar-refractivity contribution in [2.75, 3.05) is 0 Å². The topological polar surface area (TPSA) is 89.0 Å². The van der Waals surface area contributed by atoms with Crippen LogP contribution in [0.4, 0.5) is 17.6 Å². The lowest BCUT2D eigenvalue weighted by Crippen LogP contribution is -2.36. The van der Waals surface area contributed by atoms with E-state index in [2.05, 4.69) is 0 Å². The largest absolute Gasteiger partial charge is 0.431 e. The number of hydrogen-bond donors (Lipinski definition) is 1. The number of benzene rings is 1. The number of alkyl halides is 3. The van der Waals surface area contributed by atoms with Crippen molar-refractivity contribution in [1.82, 2.24) is 9.55 Å². The van der Waals surface area contributed by atoms with Crippen molar-refractivity contribution in [3.05, 3.63) is 55.6 Å². The van der Waals surface area contributed by atoms with Crippen LogP contribution < -0.4 is 11.2 Å². The summed E-state index contributed by atoms with van der Waals surface area (Å²) in [5, 5.41) is -0.636. The number of halogens is 6. The van der Waals surface area contributed by atoms with Crippen LogP contribution in [0.5, 0.6) is 0 Å². The first-order valence-corrected chi connectivity index (χ1v) is 8.39. The van der Waals surface area contributed by atoms with Gasteiger partial charge in [-0.05, 0) is 12.1 Å². The first kappa shape index (κ1) is 18.5. The van der Waals surface area contributed by atoms with Crippen molar-refractivity contribution in [2.24, 2.45) is 0 Å². The van der Waals surface area contributed by atoms with E-state index >= 15 is 0 Å². The molecule has 2 aromatic rings. The van der Waals surface area contributed by atoms with Gasteiger partial charge in [-0.15, -0.1) is 0 Å². The molecule has 0 aliphatic carbocycles. The molecule has 130 valence electrons. The lowest BCUT2D eigenvalue weighted by Gasteiger charge is -2.11. The van der Waals surface area contributed by atoms with Gasteiger partial charge in [0.25, 0.3) is 14.6 Å². The fourth-order valence-electron chi connectivity index (χ4n) is 1.75. The average molecular weight is 407 g/mol. The molecule has 1 N–H and O–H groups in total. The molecule has 1 heterocycles. The van der Waals surface area contributed by atoms with Gasteiger partial charge in [0.2, 0.25) is 0 Å². The maximum Gasteiger partial charge on any atom is 0.431 e. The summed E-state index contributed by atoms with van der Waals surface area (Å²) in [5.74, 6) is -1.32. The highest BCUT2D eigenvalue weighted by atomic mass is 35.7. The van der Waals surface area contributed by atoms with E-state index in [1.807, 2.05) is 0 Å². The molecular formula is C11H4Cl2F4N2O4S. The van der Waals surface area contributed by atoms with Gasteiger partial charge in [-0.3, -0.25) is 4.79 Å². The Hall–Kier alpha value is -1.85. The standard InChI is InChI=1S/C11H4Cl2F4N2O4S/c12-4-1-5(14)6(2-7(4)24(13,22)23)19-9(20)3-8(11(15,16)17)18-10(19)21/h1-3H,(H,18,21). The predicted molar refractivity (Wildman–Crippen MR) is 75.7 cm³/mol. The second-order valence-corrected chi connectivity index (χ2v) is 7.27. The zero-order chi connectivity index (χ0) is 18.4. The second kappa shape index (κ2) is 5.90. The quantitative estimate of drug-likeness (QED) is 0.611. The van der Waals surface area contributed by atoms with Crippen LogP contribution in [0.2, 0.25) is 5.02 Å². The molecule has 0 amide bonds. The summed E-state index contributed by atoms with van der Waals surface area (Å²) in [6.45, 7) is 0. The van der Waals surface area contributed by atoms with Crippen molar-refractivity contribution in [3.63, 3.8) is 0 Å². The number of nitrogens with one attached hydrogen (secondary N) is 1. The number of hydrogen-bond acceptors (Lipinski definition) is 4. The molecule has 0 spiro atoms. The predicted octanol–water partition coefficient (Wildman–Crippen LogP) is 2.26. The SMILES string of the molecule is O=c1cc(C(F)(F)F)[nH]c(=O)n1-c1cc(S(=O)(=O)Cl)c(Cl)cc1F. The molecule has 24 heavy (non-hydrogen) atoms. The van der Waals surface area contributed by atoms with Crippen molar-refractivity contribution in [3.8, 4) is 5.69 Å². The van der Waals surface area contributed by atoms with E-state index in [1.165, 1.54) is 4.98 Å². The van der Waals surface area contributed by atoms with Gasteiger partial charge in [-0.1, -0.05) is 11.6 Å². The molecule has 0 saturated carbocycles. The van der Waals surface area contributed by atoms with Crippen LogP contribution in [0.1, 0.15) is 5.69 Å². The minimum absolute atomic E-state index is 0.0182. The van der Waals surface area contributed by atoms with E-state index < -0.39 is 53.6 Å². The first-order valence-electron chi connectivity index (χ1n) is 5.70. The van der Waals surface area contributed by atoms with Gasteiger partial charge in [0.05, 0.1) is 10.7 Å². The Morgan fingerprint density at radius 3 is 2.17 bits per heavy atom. The number of nitrogens with zero attached hydrogens (tertiary/aromatic N) is 1. The number of rotatable bonds is 2. The van der Waals surface area contributed by atoms with Gasteiger partial charge < -0.3 is 4.98 Å². The third kappa shape index (κ3) is 3.47. The van der Waals surface area contributed by atoms with Crippen LogP contribution in [0.3, 0.4) is 0 Å². The van der Waals surface area contributed by atoms with E-state index in [-0.39, 0.29) is 10.6 Å². The van der Waals surface area contributed by atoms with Gasteiger partial charge >= 0.3 is 11.9 Å². The Morgan fingerprint density at radius 2 is 1.71 bits per heavy atom. The molecule has 0 unspecified atom stereocenters. The maximum absolute atomic E-state index is 13.9. The van der Waals surface area contributed by atoms with E-state index in [4.69, 9.17) is 22.3 Å². The first-order chi connectivity index (χ1) is 10.8. The van der Waals surface area contributed by atoms with E-state index in [1.54, 1.807) is 0 Å². The highest BCUT2D eigenvalue weighted by Gasteiger charge is 2.33. The summed E-state index contributed by atoms with van der Waals surface area (Å²) in [6, 6.07) is 0.934. The Labute approximate surface area is 139 Å². The highest BCUT2D eigenvalue weighted by molar-refractivity contribution is 8.13. The van der Waals surface area contributed by atoms with E-state index in [0.717, 1.165) is 0 Å². The Morgan fingerprint density at radius 1 is 1.12 bits per heavy atom. The van der Waals surface area contributed by atoms with Crippen molar-refractivity contribution in [2.45, 2.75) is 11.1 Å². The molecule has 0 aliphatic rings. The molecule has 1 aromatic carbocycles. The summed E-state index contributed by atoms with van der Waals surface area (Å²) in [4.78, 5) is 24.0. The summed E-state index contributed by atoms with van der Waals surface area (Å²) < 4.78 is 74.2. The Balaban J connectivity index is 2.84. The lowest BCUT2D eigenvalue weighted by atomic mass is 10.3. The fraction of sp³-hybridized carbons (Fsp3) is 0.0909. The van der Waals surface area contributed by atoms with Gasteiger partial charge in [-0.25, -0.2) is 22.2 Å². The zero-order valence-electron chi connectivity index (χ0n) is 11.0. The highest BCUT2D eigenvalue weighted by Crippen LogP contribution is 2.29. The van der Waals surface area contributed by atoms with Crippen molar-refractivity contribution < 1.29 is 26.0 Å². The summed E-state index contributed by atoms with van der Waals surface area (Å²) in [5.41, 5.74) is -5.74. The molecule has 0 bridgehead atoms. The molecule has 0 atom stereocenters. The molecule has 13 heteroatoms. The average Bonchev–Trinajstić information content (AvgIpc) is 2.37. The monoisotopic (exact) mass is 406 g/mol. The molecule has 6 nitrogen and oxygen atoms in total. The number of aromatic nitrogens is 2. The minimum Gasteiger partial charge on any atom is -0.303 e. The van der Waals surface area contributed by atoms with Crippen LogP contribution in [0.15, 0.2) is 32.7 Å². The van der Waals surface area contributed by atoms with Crippen LogP contribution in [0.25, 0.3) is 5.69 Å². The van der Waals surface area contributed by atoms with E-state index in [0.29, 0.717) is 12.1 Å². The van der Waals surface area contributed by atoms with Crippen LogP contribution in [-0.4, -0.2) is 18.0 Å². The van der Waals surface area contributed by atoms with Gasteiger partial charge in [0.1, 0.15) is 16.4 Å². The number of aromatic amines is 1. The van der Waals surface area contributed by atoms with Gasteiger partial charge in [-0.2, -0.15) is 13.2 Å². The normalized spacial score (nSPS) is 12.4. The third-order valence-corrected chi connectivity index (χ3v) is 4.53. The van der Waals surface area contributed by atoms with Crippen LogP contribution in [0, 0.1) is 5.82 Å². The zero-order valence-corrected chi connectivity index (χ0v) is 13.3. The van der Waals surface area contributed by atoms with Crippen LogP contribution >= 0.6 is 22.3 Å². The van der Waals surface area contributed by atoms with Crippen molar-refractivity contribution >= 4 is 31.3 Å². The van der Waals surface area contributed by atoms with E-state index in [9.17, 15) is 35.6 Å². The van der Waals surface area contributed by atoms with Gasteiger partial charge in [0, 0.05) is 16.7 Å². The molecule has 0 aliphatic heterocycles. The van der Waals surface area contributed by atoms with Crippen molar-refractivity contribution in [1.29, 1.82) is 0 Å². The van der Waals surface area contributed by atoms with Gasteiger partial charge in [0.15, 0.2) is 0 Å². The molecule has 0 radical (unpaired) electrons. The Bertz CT molecular complexity index is 1010. The molecule has 2 rings (SSSR count). The second-order valence-electron chi connectivity index (χ2n) is 4.33. The molecule has 1 aromatic heterocycles. The molecule has 0 saturated heterocycles. The third-order valence-electron chi connectivity index (χ3n) is 2.74. The Kier molecular flexibility index (Phi) is 4.55. The summed E-state index contributed by atoms with van der Waals surface area (Å²) >= 11 is 5.51. The summed E-state index contributed by atoms with van der Waals surface area (Å²) in [6.07, 6.45) is -5.01. The smallest absolute Gasteiger partial charge is 0.303 e.